The maximum absolute atomic E-state index is 5.47. The Bertz CT molecular complexity index is 886. The molecule has 0 aliphatic heterocycles. The lowest BCUT2D eigenvalue weighted by Crippen LogP contribution is -2.41. The van der Waals surface area contributed by atoms with Crippen molar-refractivity contribution < 1.29 is 18.9 Å². The summed E-state index contributed by atoms with van der Waals surface area (Å²) in [7, 11) is 10.6. The maximum atomic E-state index is 5.47. The third-order valence-corrected chi connectivity index (χ3v) is 5.09. The number of ether oxygens (including phenoxy) is 4. The quantitative estimate of drug-likeness (QED) is 0.407. The molecular weight excluding hydrogens is 408 g/mol. The minimum absolute atomic E-state index is 0.111. The molecular formula is C24H36N4O4. The molecule has 176 valence electrons. The van der Waals surface area contributed by atoms with Gasteiger partial charge in [-0.3, -0.25) is 0 Å². The zero-order valence-corrected chi connectivity index (χ0v) is 20.2. The predicted molar refractivity (Wildman–Crippen MR) is 128 cm³/mol. The van der Waals surface area contributed by atoms with Gasteiger partial charge in [0.1, 0.15) is 0 Å². The van der Waals surface area contributed by atoms with E-state index in [9.17, 15) is 0 Å². The molecule has 1 atom stereocenters. The van der Waals surface area contributed by atoms with Crippen LogP contribution in [0.2, 0.25) is 0 Å². The molecule has 32 heavy (non-hydrogen) atoms. The van der Waals surface area contributed by atoms with Crippen molar-refractivity contribution in [2.45, 2.75) is 19.5 Å². The van der Waals surface area contributed by atoms with Crippen LogP contribution in [0.15, 0.2) is 41.4 Å². The summed E-state index contributed by atoms with van der Waals surface area (Å²) in [6, 6.07) is 11.9. The zero-order valence-electron chi connectivity index (χ0n) is 20.2. The highest BCUT2D eigenvalue weighted by Crippen LogP contribution is 2.31. The summed E-state index contributed by atoms with van der Waals surface area (Å²) in [4.78, 5) is 6.89. The molecule has 8 heteroatoms. The van der Waals surface area contributed by atoms with Crippen LogP contribution in [0.1, 0.15) is 24.1 Å². The van der Waals surface area contributed by atoms with Gasteiger partial charge >= 0.3 is 0 Å². The fraction of sp³-hybridized carbons (Fsp3) is 0.458. The summed E-state index contributed by atoms with van der Waals surface area (Å²) in [5, 5.41) is 6.77. The largest absolute Gasteiger partial charge is 0.493 e. The van der Waals surface area contributed by atoms with E-state index >= 15 is 0 Å². The molecule has 0 fully saturated rings. The van der Waals surface area contributed by atoms with Crippen molar-refractivity contribution in [2.75, 3.05) is 55.6 Å². The SMILES string of the molecule is CCNC(=NCc1ccc(OC)c(OC)c1)NCC(c1ccc(OC)c(OC)c1)N(C)C. The topological polar surface area (TPSA) is 76.6 Å². The van der Waals surface area contributed by atoms with E-state index in [0.717, 1.165) is 23.6 Å². The Labute approximate surface area is 191 Å². The van der Waals surface area contributed by atoms with Gasteiger partial charge in [-0.15, -0.1) is 0 Å². The van der Waals surface area contributed by atoms with Gasteiger partial charge in [-0.1, -0.05) is 12.1 Å². The van der Waals surface area contributed by atoms with Gasteiger partial charge in [0.25, 0.3) is 0 Å². The lowest BCUT2D eigenvalue weighted by atomic mass is 10.1. The molecule has 0 saturated carbocycles. The van der Waals surface area contributed by atoms with Crippen LogP contribution >= 0.6 is 0 Å². The van der Waals surface area contributed by atoms with Gasteiger partial charge in [-0.25, -0.2) is 4.99 Å². The minimum Gasteiger partial charge on any atom is -0.493 e. The van der Waals surface area contributed by atoms with Crippen molar-refractivity contribution >= 4 is 5.96 Å². The highest BCUT2D eigenvalue weighted by molar-refractivity contribution is 5.79. The summed E-state index contributed by atoms with van der Waals surface area (Å²) in [5.74, 6) is 3.57. The van der Waals surface area contributed by atoms with Crippen LogP contribution in [0.25, 0.3) is 0 Å². The first-order valence-electron chi connectivity index (χ1n) is 10.6. The Morgan fingerprint density at radius 1 is 0.844 bits per heavy atom. The molecule has 0 aromatic heterocycles. The van der Waals surface area contributed by atoms with Crippen LogP contribution < -0.4 is 29.6 Å². The molecule has 2 aromatic rings. The molecule has 0 aliphatic rings. The number of nitrogens with zero attached hydrogens (tertiary/aromatic N) is 2. The van der Waals surface area contributed by atoms with E-state index in [1.54, 1.807) is 28.4 Å². The van der Waals surface area contributed by atoms with Crippen molar-refractivity contribution in [1.82, 2.24) is 15.5 Å². The van der Waals surface area contributed by atoms with Gasteiger partial charge in [0.15, 0.2) is 29.0 Å². The number of hydrogen-bond donors (Lipinski definition) is 2. The molecule has 8 nitrogen and oxygen atoms in total. The smallest absolute Gasteiger partial charge is 0.191 e. The number of hydrogen-bond acceptors (Lipinski definition) is 6. The Morgan fingerprint density at radius 3 is 2.00 bits per heavy atom. The molecule has 0 bridgehead atoms. The van der Waals surface area contributed by atoms with E-state index in [-0.39, 0.29) is 6.04 Å². The van der Waals surface area contributed by atoms with E-state index in [2.05, 4.69) is 35.7 Å². The lowest BCUT2D eigenvalue weighted by molar-refractivity contribution is 0.295. The summed E-state index contributed by atoms with van der Waals surface area (Å²) in [6.45, 7) is 3.99. The van der Waals surface area contributed by atoms with Gasteiger partial charge in [0.2, 0.25) is 0 Å². The summed E-state index contributed by atoms with van der Waals surface area (Å²) < 4.78 is 21.5. The van der Waals surface area contributed by atoms with Crippen molar-refractivity contribution in [2.24, 2.45) is 4.99 Å². The molecule has 0 amide bonds. The summed E-state index contributed by atoms with van der Waals surface area (Å²) in [6.07, 6.45) is 0. The first-order chi connectivity index (χ1) is 15.5. The van der Waals surface area contributed by atoms with Gasteiger partial charge in [0, 0.05) is 13.1 Å². The van der Waals surface area contributed by atoms with Gasteiger partial charge in [0.05, 0.1) is 41.0 Å². The lowest BCUT2D eigenvalue weighted by Gasteiger charge is -2.26. The molecule has 0 saturated heterocycles. The van der Waals surface area contributed by atoms with Crippen LogP contribution in [0, 0.1) is 0 Å². The number of aliphatic imine (C=N–C) groups is 1. The molecule has 0 heterocycles. The number of likely N-dealkylation sites (N-methyl/N-ethyl adjacent to an activating group) is 1. The molecule has 0 radical (unpaired) electrons. The monoisotopic (exact) mass is 444 g/mol. The van der Waals surface area contributed by atoms with E-state index in [1.807, 2.05) is 37.3 Å². The number of nitrogens with one attached hydrogen (secondary N) is 2. The Morgan fingerprint density at radius 2 is 1.44 bits per heavy atom. The van der Waals surface area contributed by atoms with Gasteiger partial charge in [-0.2, -0.15) is 0 Å². The zero-order chi connectivity index (χ0) is 23.5. The second kappa shape index (κ2) is 12.7. The molecule has 2 N–H and O–H groups in total. The number of methoxy groups -OCH3 is 4. The van der Waals surface area contributed by atoms with E-state index < -0.39 is 0 Å². The highest BCUT2D eigenvalue weighted by Gasteiger charge is 2.17. The average molecular weight is 445 g/mol. The summed E-state index contributed by atoms with van der Waals surface area (Å²) in [5.41, 5.74) is 2.15. The van der Waals surface area contributed by atoms with E-state index in [1.165, 1.54) is 0 Å². The van der Waals surface area contributed by atoms with Crippen molar-refractivity contribution in [3.63, 3.8) is 0 Å². The fourth-order valence-electron chi connectivity index (χ4n) is 3.34. The first kappa shape index (κ1) is 25.1. The molecule has 2 rings (SSSR count). The average Bonchev–Trinajstić information content (AvgIpc) is 2.81. The van der Waals surface area contributed by atoms with Crippen molar-refractivity contribution in [3.05, 3.63) is 47.5 Å². The van der Waals surface area contributed by atoms with E-state index in [4.69, 9.17) is 23.9 Å². The number of rotatable bonds is 11. The van der Waals surface area contributed by atoms with Crippen molar-refractivity contribution in [1.29, 1.82) is 0 Å². The second-order valence-corrected chi connectivity index (χ2v) is 7.36. The molecule has 0 spiro atoms. The van der Waals surface area contributed by atoms with Crippen LogP contribution in [0.4, 0.5) is 0 Å². The minimum atomic E-state index is 0.111. The van der Waals surface area contributed by atoms with Crippen LogP contribution in [0.5, 0.6) is 23.0 Å². The first-order valence-corrected chi connectivity index (χ1v) is 10.6. The van der Waals surface area contributed by atoms with E-state index in [0.29, 0.717) is 36.1 Å². The Kier molecular flexibility index (Phi) is 9.94. The third-order valence-electron chi connectivity index (χ3n) is 5.09. The third kappa shape index (κ3) is 6.68. The Balaban J connectivity index is 2.15. The normalized spacial score (nSPS) is 12.3. The molecule has 1 unspecified atom stereocenters. The highest BCUT2D eigenvalue weighted by atomic mass is 16.5. The molecule has 2 aromatic carbocycles. The second-order valence-electron chi connectivity index (χ2n) is 7.36. The number of guanidine groups is 1. The Hall–Kier alpha value is -3.13. The fourth-order valence-corrected chi connectivity index (χ4v) is 3.34. The maximum Gasteiger partial charge on any atom is 0.191 e. The summed E-state index contributed by atoms with van der Waals surface area (Å²) >= 11 is 0. The van der Waals surface area contributed by atoms with Crippen LogP contribution in [-0.2, 0) is 6.54 Å². The van der Waals surface area contributed by atoms with Gasteiger partial charge < -0.3 is 34.5 Å². The predicted octanol–water partition coefficient (Wildman–Crippen LogP) is 3.08. The van der Waals surface area contributed by atoms with Crippen LogP contribution in [0.3, 0.4) is 0 Å². The number of benzene rings is 2. The van der Waals surface area contributed by atoms with Crippen LogP contribution in [-0.4, -0.2) is 66.5 Å². The molecule has 0 aliphatic carbocycles. The standard InChI is InChI=1S/C24H36N4O4/c1-8-25-24(26-15-17-9-11-20(29-4)22(13-17)31-6)27-16-19(28(2)3)18-10-12-21(30-5)23(14-18)32-7/h9-14,19H,8,15-16H2,1-7H3,(H2,25,26,27). The van der Waals surface area contributed by atoms with Crippen molar-refractivity contribution in [3.8, 4) is 23.0 Å². The van der Waals surface area contributed by atoms with Gasteiger partial charge in [-0.05, 0) is 56.4 Å².